The second-order valence-electron chi connectivity index (χ2n) is 7.66. The summed E-state index contributed by atoms with van der Waals surface area (Å²) >= 11 is 0. The van der Waals surface area contributed by atoms with Crippen LogP contribution in [0.15, 0.2) is 66.7 Å². The number of fused-ring (bicyclic) bond motifs is 1. The Morgan fingerprint density at radius 3 is 2.30 bits per heavy atom. The van der Waals surface area contributed by atoms with Crippen LogP contribution in [0.5, 0.6) is 5.75 Å². The molecule has 1 aliphatic rings. The Kier molecular flexibility index (Phi) is 6.10. The zero-order valence-electron chi connectivity index (χ0n) is 17.2. The van der Waals surface area contributed by atoms with Crippen LogP contribution in [-0.4, -0.2) is 54.3 Å². The van der Waals surface area contributed by atoms with Crippen molar-refractivity contribution in [3.63, 3.8) is 0 Å². The fraction of sp³-hybridized carbons (Fsp3) is 0.280. The Morgan fingerprint density at radius 1 is 0.867 bits per heavy atom. The van der Waals surface area contributed by atoms with E-state index in [1.165, 1.54) is 23.3 Å². The van der Waals surface area contributed by atoms with Crippen molar-refractivity contribution in [2.45, 2.75) is 13.5 Å². The molecule has 1 fully saturated rings. The van der Waals surface area contributed by atoms with Gasteiger partial charge in [-0.25, -0.2) is 0 Å². The van der Waals surface area contributed by atoms with Gasteiger partial charge in [-0.05, 0) is 47.5 Å². The molecule has 1 amide bonds. The van der Waals surface area contributed by atoms with Gasteiger partial charge in [0.05, 0.1) is 0 Å². The van der Waals surface area contributed by atoms with Gasteiger partial charge >= 0.3 is 0 Å². The van der Waals surface area contributed by atoms with Crippen molar-refractivity contribution in [2.75, 3.05) is 32.8 Å². The number of ketones is 1. The maximum atomic E-state index is 12.5. The lowest BCUT2D eigenvalue weighted by Gasteiger charge is -2.34. The number of benzene rings is 3. The molecule has 0 saturated carbocycles. The van der Waals surface area contributed by atoms with Gasteiger partial charge in [0, 0.05) is 38.3 Å². The van der Waals surface area contributed by atoms with Crippen molar-refractivity contribution in [1.82, 2.24) is 9.80 Å². The molecule has 1 aliphatic heterocycles. The molecule has 0 atom stereocenters. The maximum absolute atomic E-state index is 12.5. The highest BCUT2D eigenvalue weighted by molar-refractivity contribution is 5.94. The van der Waals surface area contributed by atoms with E-state index in [1.807, 2.05) is 4.90 Å². The predicted octanol–water partition coefficient (Wildman–Crippen LogP) is 3.77. The number of hydrogen-bond donors (Lipinski definition) is 0. The van der Waals surface area contributed by atoms with Crippen LogP contribution in [0.25, 0.3) is 10.8 Å². The molecule has 0 spiro atoms. The highest BCUT2D eigenvalue weighted by Crippen LogP contribution is 2.20. The molecule has 0 N–H and O–H groups in total. The molecule has 5 nitrogen and oxygen atoms in total. The molecule has 0 aromatic heterocycles. The van der Waals surface area contributed by atoms with E-state index < -0.39 is 0 Å². The topological polar surface area (TPSA) is 49.9 Å². The van der Waals surface area contributed by atoms with Gasteiger partial charge in [0.2, 0.25) is 0 Å². The van der Waals surface area contributed by atoms with Crippen molar-refractivity contribution >= 4 is 22.5 Å². The monoisotopic (exact) mass is 402 g/mol. The Balaban J connectivity index is 1.27. The number of amides is 1. The van der Waals surface area contributed by atoms with Crippen molar-refractivity contribution < 1.29 is 14.3 Å². The zero-order chi connectivity index (χ0) is 20.9. The average Bonchev–Trinajstić information content (AvgIpc) is 2.78. The third kappa shape index (κ3) is 4.69. The lowest BCUT2D eigenvalue weighted by Crippen LogP contribution is -2.49. The molecule has 1 saturated heterocycles. The van der Waals surface area contributed by atoms with E-state index in [-0.39, 0.29) is 18.3 Å². The van der Waals surface area contributed by atoms with Crippen molar-refractivity contribution in [2.24, 2.45) is 0 Å². The molecule has 154 valence electrons. The zero-order valence-corrected chi connectivity index (χ0v) is 17.2. The SMILES string of the molecule is CC(=O)c1ccc(OCC(=O)N2CCN(Cc3cccc4ccccc34)CC2)cc1. The normalized spacial score (nSPS) is 14.6. The van der Waals surface area contributed by atoms with E-state index in [1.54, 1.807) is 24.3 Å². The van der Waals surface area contributed by atoms with Gasteiger partial charge in [-0.15, -0.1) is 0 Å². The smallest absolute Gasteiger partial charge is 0.260 e. The van der Waals surface area contributed by atoms with Crippen LogP contribution >= 0.6 is 0 Å². The third-order valence-corrected chi connectivity index (χ3v) is 5.62. The van der Waals surface area contributed by atoms with Gasteiger partial charge in [-0.2, -0.15) is 0 Å². The summed E-state index contributed by atoms with van der Waals surface area (Å²) in [4.78, 5) is 28.1. The Morgan fingerprint density at radius 2 is 1.57 bits per heavy atom. The lowest BCUT2D eigenvalue weighted by atomic mass is 10.0. The van der Waals surface area contributed by atoms with Crippen molar-refractivity contribution in [1.29, 1.82) is 0 Å². The summed E-state index contributed by atoms with van der Waals surface area (Å²) in [7, 11) is 0. The van der Waals surface area contributed by atoms with E-state index in [4.69, 9.17) is 4.74 Å². The number of ether oxygens (including phenoxy) is 1. The van der Waals surface area contributed by atoms with Gasteiger partial charge in [-0.3, -0.25) is 14.5 Å². The number of hydrogen-bond acceptors (Lipinski definition) is 4. The van der Waals surface area contributed by atoms with Gasteiger partial charge in [0.15, 0.2) is 12.4 Å². The van der Waals surface area contributed by atoms with Crippen LogP contribution in [0.2, 0.25) is 0 Å². The standard InChI is InChI=1S/C25H26N2O3/c1-19(28)20-9-11-23(12-10-20)30-18-25(29)27-15-13-26(14-16-27)17-22-7-4-6-21-5-2-3-8-24(21)22/h2-12H,13-18H2,1H3. The molecule has 3 aromatic carbocycles. The molecule has 4 rings (SSSR count). The first-order valence-electron chi connectivity index (χ1n) is 10.3. The quantitative estimate of drug-likeness (QED) is 0.589. The van der Waals surface area contributed by atoms with E-state index in [0.717, 1.165) is 19.6 Å². The second kappa shape index (κ2) is 9.09. The van der Waals surface area contributed by atoms with Crippen LogP contribution in [0.3, 0.4) is 0 Å². The molecule has 0 aliphatic carbocycles. The maximum Gasteiger partial charge on any atom is 0.260 e. The van der Waals surface area contributed by atoms with Crippen LogP contribution in [0.1, 0.15) is 22.8 Å². The number of rotatable bonds is 6. The highest BCUT2D eigenvalue weighted by Gasteiger charge is 2.21. The minimum Gasteiger partial charge on any atom is -0.484 e. The van der Waals surface area contributed by atoms with E-state index in [0.29, 0.717) is 24.4 Å². The molecule has 0 radical (unpaired) electrons. The highest BCUT2D eigenvalue weighted by atomic mass is 16.5. The molecule has 0 unspecified atom stereocenters. The molecular formula is C25H26N2O3. The van der Waals surface area contributed by atoms with Crippen LogP contribution in [0.4, 0.5) is 0 Å². The number of piperazine rings is 1. The molecule has 3 aromatic rings. The van der Waals surface area contributed by atoms with Crippen LogP contribution < -0.4 is 4.74 Å². The Labute approximate surface area is 176 Å². The summed E-state index contributed by atoms with van der Waals surface area (Å²) in [6.07, 6.45) is 0. The summed E-state index contributed by atoms with van der Waals surface area (Å²) < 4.78 is 5.61. The van der Waals surface area contributed by atoms with E-state index in [9.17, 15) is 9.59 Å². The molecule has 5 heteroatoms. The molecule has 0 bridgehead atoms. The summed E-state index contributed by atoms with van der Waals surface area (Å²) in [5, 5.41) is 2.56. The van der Waals surface area contributed by atoms with Crippen molar-refractivity contribution in [3.05, 3.63) is 77.9 Å². The fourth-order valence-electron chi connectivity index (χ4n) is 3.85. The van der Waals surface area contributed by atoms with Crippen molar-refractivity contribution in [3.8, 4) is 5.75 Å². The van der Waals surface area contributed by atoms with Gasteiger partial charge in [0.1, 0.15) is 5.75 Å². The Hall–Kier alpha value is -3.18. The predicted molar refractivity (Wildman–Crippen MR) is 118 cm³/mol. The fourth-order valence-corrected chi connectivity index (χ4v) is 3.85. The van der Waals surface area contributed by atoms with Gasteiger partial charge in [0.25, 0.3) is 5.91 Å². The average molecular weight is 402 g/mol. The summed E-state index contributed by atoms with van der Waals surface area (Å²) in [6.45, 7) is 5.54. The first kappa shape index (κ1) is 20.1. The first-order valence-corrected chi connectivity index (χ1v) is 10.3. The largest absolute Gasteiger partial charge is 0.484 e. The lowest BCUT2D eigenvalue weighted by molar-refractivity contribution is -0.135. The van der Waals surface area contributed by atoms with Gasteiger partial charge < -0.3 is 9.64 Å². The first-order chi connectivity index (χ1) is 14.6. The minimum atomic E-state index is -0.00421. The minimum absolute atomic E-state index is 0.00421. The summed E-state index contributed by atoms with van der Waals surface area (Å²) in [5.41, 5.74) is 1.96. The number of nitrogens with zero attached hydrogens (tertiary/aromatic N) is 2. The Bertz CT molecular complexity index is 1030. The van der Waals surface area contributed by atoms with Crippen LogP contribution in [0, 0.1) is 0 Å². The molecule has 1 heterocycles. The molecule has 30 heavy (non-hydrogen) atoms. The number of carbonyl (C=O) groups is 2. The molecular weight excluding hydrogens is 376 g/mol. The van der Waals surface area contributed by atoms with Crippen LogP contribution in [-0.2, 0) is 11.3 Å². The number of Topliss-reactive ketones (excluding diaryl/α,β-unsaturated/α-hetero) is 1. The van der Waals surface area contributed by atoms with Gasteiger partial charge in [-0.1, -0.05) is 42.5 Å². The third-order valence-electron chi connectivity index (χ3n) is 5.62. The van der Waals surface area contributed by atoms with E-state index >= 15 is 0 Å². The summed E-state index contributed by atoms with van der Waals surface area (Å²) in [6, 6.07) is 21.8. The van der Waals surface area contributed by atoms with E-state index in [2.05, 4.69) is 47.4 Å². The number of carbonyl (C=O) groups excluding carboxylic acids is 2. The second-order valence-corrected chi connectivity index (χ2v) is 7.66. The summed E-state index contributed by atoms with van der Waals surface area (Å²) in [5.74, 6) is 0.609.